The number of hydrogen-bond acceptors (Lipinski definition) is 4. The van der Waals surface area contributed by atoms with Crippen molar-refractivity contribution in [2.45, 2.75) is 19.4 Å². The lowest BCUT2D eigenvalue weighted by molar-refractivity contribution is 0.242. The lowest BCUT2D eigenvalue weighted by Gasteiger charge is -2.27. The fourth-order valence-corrected chi connectivity index (χ4v) is 2.47. The third-order valence-electron chi connectivity index (χ3n) is 3.81. The van der Waals surface area contributed by atoms with Crippen LogP contribution in [0.5, 0.6) is 5.75 Å². The predicted octanol–water partition coefficient (Wildman–Crippen LogP) is 2.23. The van der Waals surface area contributed by atoms with E-state index >= 15 is 0 Å². The number of nitrogens with zero attached hydrogens (tertiary/aromatic N) is 2. The maximum Gasteiger partial charge on any atom is 0.119 e. The molecule has 0 bridgehead atoms. The van der Waals surface area contributed by atoms with Crippen molar-refractivity contribution in [3.05, 3.63) is 29.8 Å². The van der Waals surface area contributed by atoms with Gasteiger partial charge >= 0.3 is 0 Å². The highest BCUT2D eigenvalue weighted by Crippen LogP contribution is 2.20. The Morgan fingerprint density at radius 2 is 2.00 bits per heavy atom. The first-order valence-electron chi connectivity index (χ1n) is 7.79. The number of methoxy groups -OCH3 is 1. The molecule has 0 fully saturated rings. The van der Waals surface area contributed by atoms with E-state index in [0.717, 1.165) is 31.9 Å². The van der Waals surface area contributed by atoms with Gasteiger partial charge in [0.2, 0.25) is 0 Å². The van der Waals surface area contributed by atoms with Crippen LogP contribution in [0.4, 0.5) is 0 Å². The van der Waals surface area contributed by atoms with Gasteiger partial charge < -0.3 is 19.9 Å². The van der Waals surface area contributed by atoms with Crippen LogP contribution in [0.25, 0.3) is 0 Å². The number of likely N-dealkylation sites (N-methyl/N-ethyl adjacent to an activating group) is 2. The zero-order valence-electron chi connectivity index (χ0n) is 14.2. The molecule has 0 amide bonds. The highest BCUT2D eigenvalue weighted by Gasteiger charge is 2.14. The molecule has 1 aromatic carbocycles. The summed E-state index contributed by atoms with van der Waals surface area (Å²) in [7, 11) is 8.00. The first-order valence-corrected chi connectivity index (χ1v) is 7.79. The van der Waals surface area contributed by atoms with E-state index in [9.17, 15) is 0 Å². The van der Waals surface area contributed by atoms with Gasteiger partial charge in [-0.15, -0.1) is 0 Å². The van der Waals surface area contributed by atoms with Gasteiger partial charge in [0, 0.05) is 12.6 Å². The summed E-state index contributed by atoms with van der Waals surface area (Å²) in [4.78, 5) is 4.75. The van der Waals surface area contributed by atoms with Crippen LogP contribution in [-0.2, 0) is 0 Å². The van der Waals surface area contributed by atoms with Crippen LogP contribution in [0.15, 0.2) is 24.3 Å². The third kappa shape index (κ3) is 6.46. The number of rotatable bonds is 10. The summed E-state index contributed by atoms with van der Waals surface area (Å²) in [5.41, 5.74) is 1.28. The first-order chi connectivity index (χ1) is 10.1. The summed E-state index contributed by atoms with van der Waals surface area (Å²) >= 11 is 0. The van der Waals surface area contributed by atoms with Crippen LogP contribution in [-0.4, -0.2) is 64.2 Å². The Morgan fingerprint density at radius 1 is 1.24 bits per heavy atom. The molecule has 0 aromatic heterocycles. The van der Waals surface area contributed by atoms with Gasteiger partial charge in [0.05, 0.1) is 7.11 Å². The van der Waals surface area contributed by atoms with Crippen molar-refractivity contribution in [2.75, 3.05) is 54.4 Å². The molecule has 1 rings (SSSR count). The lowest BCUT2D eigenvalue weighted by atomic mass is 10.1. The zero-order chi connectivity index (χ0) is 15.7. The molecule has 0 aliphatic rings. The largest absolute Gasteiger partial charge is 0.497 e. The second-order valence-electron chi connectivity index (χ2n) is 5.67. The molecule has 1 unspecified atom stereocenters. The zero-order valence-corrected chi connectivity index (χ0v) is 14.2. The number of benzene rings is 1. The average Bonchev–Trinajstić information content (AvgIpc) is 2.50. The van der Waals surface area contributed by atoms with Gasteiger partial charge in [-0.1, -0.05) is 19.1 Å². The molecule has 4 nitrogen and oxygen atoms in total. The molecule has 0 aliphatic carbocycles. The van der Waals surface area contributed by atoms with E-state index in [1.54, 1.807) is 7.11 Å². The Hall–Kier alpha value is -1.10. The minimum Gasteiger partial charge on any atom is -0.497 e. The van der Waals surface area contributed by atoms with Crippen molar-refractivity contribution in [3.63, 3.8) is 0 Å². The normalized spacial score (nSPS) is 12.9. The number of hydrogen-bond donors (Lipinski definition) is 1. The van der Waals surface area contributed by atoms with E-state index in [1.807, 2.05) is 13.1 Å². The van der Waals surface area contributed by atoms with E-state index in [1.165, 1.54) is 12.0 Å². The van der Waals surface area contributed by atoms with E-state index in [-0.39, 0.29) is 0 Å². The molecular formula is C17H31N3O. The van der Waals surface area contributed by atoms with Crippen molar-refractivity contribution in [3.8, 4) is 5.75 Å². The molecule has 0 saturated heterocycles. The van der Waals surface area contributed by atoms with Gasteiger partial charge in [-0.3, -0.25) is 0 Å². The number of ether oxygens (including phenoxy) is 1. The van der Waals surface area contributed by atoms with Crippen molar-refractivity contribution < 1.29 is 4.74 Å². The topological polar surface area (TPSA) is 27.7 Å². The van der Waals surface area contributed by atoms with Gasteiger partial charge in [-0.05, 0) is 64.9 Å². The molecule has 4 heteroatoms. The Kier molecular flexibility index (Phi) is 8.35. The molecule has 0 heterocycles. The van der Waals surface area contributed by atoms with Gasteiger partial charge in [0.1, 0.15) is 5.75 Å². The fourth-order valence-electron chi connectivity index (χ4n) is 2.47. The molecule has 1 atom stereocenters. The van der Waals surface area contributed by atoms with Crippen LogP contribution in [0.3, 0.4) is 0 Å². The second kappa shape index (κ2) is 9.77. The van der Waals surface area contributed by atoms with Gasteiger partial charge in [0.15, 0.2) is 0 Å². The van der Waals surface area contributed by atoms with E-state index < -0.39 is 0 Å². The summed E-state index contributed by atoms with van der Waals surface area (Å²) in [6.45, 7) is 6.60. The third-order valence-corrected chi connectivity index (χ3v) is 3.81. The minimum absolute atomic E-state index is 0.333. The second-order valence-corrected chi connectivity index (χ2v) is 5.67. The van der Waals surface area contributed by atoms with Crippen LogP contribution >= 0.6 is 0 Å². The molecule has 1 aromatic rings. The molecule has 0 saturated carbocycles. The maximum absolute atomic E-state index is 5.33. The van der Waals surface area contributed by atoms with Gasteiger partial charge in [0.25, 0.3) is 0 Å². The van der Waals surface area contributed by atoms with Crippen molar-refractivity contribution in [1.82, 2.24) is 15.1 Å². The Balaban J connectivity index is 2.61. The smallest absolute Gasteiger partial charge is 0.119 e. The molecule has 21 heavy (non-hydrogen) atoms. The highest BCUT2D eigenvalue weighted by atomic mass is 16.5. The van der Waals surface area contributed by atoms with E-state index in [4.69, 9.17) is 4.74 Å². The number of nitrogens with one attached hydrogen (secondary N) is 1. The molecule has 120 valence electrons. The quantitative estimate of drug-likeness (QED) is 0.716. The van der Waals surface area contributed by atoms with Crippen LogP contribution in [0.1, 0.15) is 24.9 Å². The molecular weight excluding hydrogens is 262 g/mol. The van der Waals surface area contributed by atoms with Crippen molar-refractivity contribution in [1.29, 1.82) is 0 Å². The molecule has 0 aliphatic heterocycles. The standard InChI is InChI=1S/C17H31N3O/c1-6-20(12-8-11-19(3)4)14-17(18-2)15-9-7-10-16(13-15)21-5/h7,9-10,13,17-18H,6,8,11-12,14H2,1-5H3. The molecule has 0 radical (unpaired) electrons. The van der Waals surface area contributed by atoms with Crippen molar-refractivity contribution >= 4 is 0 Å². The SMILES string of the molecule is CCN(CCCN(C)C)CC(NC)c1cccc(OC)c1. The van der Waals surface area contributed by atoms with Crippen LogP contribution in [0.2, 0.25) is 0 Å². The highest BCUT2D eigenvalue weighted by molar-refractivity contribution is 5.30. The average molecular weight is 293 g/mol. The molecule has 1 N–H and O–H groups in total. The minimum atomic E-state index is 0.333. The molecule has 0 spiro atoms. The Morgan fingerprint density at radius 3 is 2.57 bits per heavy atom. The fraction of sp³-hybridized carbons (Fsp3) is 0.647. The maximum atomic E-state index is 5.33. The predicted molar refractivity (Wildman–Crippen MR) is 90.1 cm³/mol. The summed E-state index contributed by atoms with van der Waals surface area (Å²) in [6, 6.07) is 8.66. The van der Waals surface area contributed by atoms with E-state index in [2.05, 4.69) is 54.3 Å². The summed E-state index contributed by atoms with van der Waals surface area (Å²) in [5, 5.41) is 3.43. The summed E-state index contributed by atoms with van der Waals surface area (Å²) in [5.74, 6) is 0.920. The first kappa shape index (κ1) is 18.0. The van der Waals surface area contributed by atoms with Crippen LogP contribution in [0, 0.1) is 0 Å². The van der Waals surface area contributed by atoms with Crippen LogP contribution < -0.4 is 10.1 Å². The van der Waals surface area contributed by atoms with Gasteiger partial charge in [-0.2, -0.15) is 0 Å². The Bertz CT molecular complexity index is 395. The lowest BCUT2D eigenvalue weighted by Crippen LogP contribution is -2.35. The van der Waals surface area contributed by atoms with E-state index in [0.29, 0.717) is 6.04 Å². The summed E-state index contributed by atoms with van der Waals surface area (Å²) < 4.78 is 5.33. The Labute approximate surface area is 130 Å². The van der Waals surface area contributed by atoms with Crippen molar-refractivity contribution in [2.24, 2.45) is 0 Å². The monoisotopic (exact) mass is 293 g/mol. The summed E-state index contributed by atoms with van der Waals surface area (Å²) in [6.07, 6.45) is 1.20. The van der Waals surface area contributed by atoms with Gasteiger partial charge in [-0.25, -0.2) is 0 Å².